The lowest BCUT2D eigenvalue weighted by Crippen LogP contribution is -2.36. The molecule has 2 heterocycles. The van der Waals surface area contributed by atoms with E-state index in [0.717, 1.165) is 24.2 Å². The van der Waals surface area contributed by atoms with E-state index in [2.05, 4.69) is 21.5 Å². The van der Waals surface area contributed by atoms with Gasteiger partial charge in [0.25, 0.3) is 0 Å². The molecule has 108 valence electrons. The molecule has 0 radical (unpaired) electrons. The van der Waals surface area contributed by atoms with E-state index in [9.17, 15) is 5.11 Å². The highest BCUT2D eigenvalue weighted by molar-refractivity contribution is 5.41. The molecule has 2 aromatic rings. The fraction of sp³-hybridized carbons (Fsp3) is 0.400. The van der Waals surface area contributed by atoms with Crippen LogP contribution in [0.2, 0.25) is 0 Å². The van der Waals surface area contributed by atoms with Gasteiger partial charge in [0.1, 0.15) is 11.9 Å². The molecule has 6 heteroatoms. The molecule has 0 unspecified atom stereocenters. The Kier molecular flexibility index (Phi) is 3.59. The summed E-state index contributed by atoms with van der Waals surface area (Å²) >= 11 is 0. The first-order valence-electron chi connectivity index (χ1n) is 6.95. The average Bonchev–Trinajstić information content (AvgIpc) is 2.89. The maximum Gasteiger partial charge on any atom is 0.126 e. The highest BCUT2D eigenvalue weighted by Gasteiger charge is 2.35. The fourth-order valence-electron chi connectivity index (χ4n) is 2.68. The maximum atomic E-state index is 9.55. The molecular formula is C15H17N5O. The first-order chi connectivity index (χ1) is 10.2. The number of nitrogens with one attached hydrogen (secondary N) is 1. The zero-order valence-corrected chi connectivity index (χ0v) is 11.8. The zero-order valence-electron chi connectivity index (χ0n) is 11.8. The van der Waals surface area contributed by atoms with Gasteiger partial charge in [-0.1, -0.05) is 0 Å². The third kappa shape index (κ3) is 2.88. The van der Waals surface area contributed by atoms with E-state index in [0.29, 0.717) is 11.5 Å². The molecular weight excluding hydrogens is 266 g/mol. The number of nitrogens with zero attached hydrogens (tertiary/aromatic N) is 4. The average molecular weight is 283 g/mol. The molecule has 0 spiro atoms. The SMILES string of the molecule is Cn1cc([C@H](Nc2ccc(C#N)cn2)C2CC(O)C2)cn1. The number of nitriles is 1. The van der Waals surface area contributed by atoms with E-state index in [1.807, 2.05) is 19.4 Å². The molecule has 0 bridgehead atoms. The van der Waals surface area contributed by atoms with E-state index in [1.54, 1.807) is 23.0 Å². The number of aryl methyl sites for hydroxylation is 1. The van der Waals surface area contributed by atoms with Gasteiger partial charge in [0.15, 0.2) is 0 Å². The largest absolute Gasteiger partial charge is 0.393 e. The van der Waals surface area contributed by atoms with Crippen LogP contribution >= 0.6 is 0 Å². The molecule has 1 aliphatic carbocycles. The normalized spacial score (nSPS) is 22.1. The molecule has 3 rings (SSSR count). The topological polar surface area (TPSA) is 86.8 Å². The molecule has 1 aliphatic rings. The molecule has 21 heavy (non-hydrogen) atoms. The number of hydrogen-bond donors (Lipinski definition) is 2. The molecule has 1 saturated carbocycles. The Bertz CT molecular complexity index is 651. The van der Waals surface area contributed by atoms with E-state index >= 15 is 0 Å². The summed E-state index contributed by atoms with van der Waals surface area (Å²) in [5.74, 6) is 1.09. The number of aromatic nitrogens is 3. The Morgan fingerprint density at radius 2 is 2.24 bits per heavy atom. The summed E-state index contributed by atoms with van der Waals surface area (Å²) in [4.78, 5) is 4.26. The van der Waals surface area contributed by atoms with Crippen molar-refractivity contribution in [2.75, 3.05) is 5.32 Å². The molecule has 0 aliphatic heterocycles. The first kappa shape index (κ1) is 13.6. The van der Waals surface area contributed by atoms with Gasteiger partial charge in [-0.05, 0) is 30.9 Å². The summed E-state index contributed by atoms with van der Waals surface area (Å²) in [5, 5.41) is 26.0. The number of aliphatic hydroxyl groups excluding tert-OH is 1. The Balaban J connectivity index is 1.80. The minimum atomic E-state index is -0.204. The van der Waals surface area contributed by atoms with Crippen LogP contribution in [0.5, 0.6) is 0 Å². The summed E-state index contributed by atoms with van der Waals surface area (Å²) in [5.41, 5.74) is 1.62. The van der Waals surface area contributed by atoms with E-state index in [4.69, 9.17) is 5.26 Å². The van der Waals surface area contributed by atoms with Crippen molar-refractivity contribution in [3.63, 3.8) is 0 Å². The van der Waals surface area contributed by atoms with Crippen LogP contribution < -0.4 is 5.32 Å². The third-order valence-corrected chi connectivity index (χ3v) is 3.90. The number of pyridine rings is 1. The van der Waals surface area contributed by atoms with Crippen molar-refractivity contribution in [1.82, 2.24) is 14.8 Å². The minimum absolute atomic E-state index is 0.0718. The van der Waals surface area contributed by atoms with Crippen molar-refractivity contribution >= 4 is 5.82 Å². The Hall–Kier alpha value is -2.39. The van der Waals surface area contributed by atoms with Crippen LogP contribution in [0.25, 0.3) is 0 Å². The highest BCUT2D eigenvalue weighted by Crippen LogP contribution is 2.39. The van der Waals surface area contributed by atoms with Crippen LogP contribution in [0, 0.1) is 17.2 Å². The van der Waals surface area contributed by atoms with E-state index < -0.39 is 0 Å². The van der Waals surface area contributed by atoms with Gasteiger partial charge in [-0.15, -0.1) is 0 Å². The Morgan fingerprint density at radius 1 is 1.43 bits per heavy atom. The van der Waals surface area contributed by atoms with Gasteiger partial charge in [0, 0.05) is 25.0 Å². The van der Waals surface area contributed by atoms with Crippen LogP contribution in [-0.4, -0.2) is 26.0 Å². The lowest BCUT2D eigenvalue weighted by atomic mass is 9.75. The minimum Gasteiger partial charge on any atom is -0.393 e. The fourth-order valence-corrected chi connectivity index (χ4v) is 2.68. The Morgan fingerprint density at radius 3 is 2.76 bits per heavy atom. The number of hydrogen-bond acceptors (Lipinski definition) is 5. The molecule has 2 N–H and O–H groups in total. The van der Waals surface area contributed by atoms with Crippen LogP contribution in [0.1, 0.15) is 30.0 Å². The standard InChI is InChI=1S/C15H17N5O/c1-20-9-12(8-18-20)15(11-4-13(21)5-11)19-14-3-2-10(6-16)7-17-14/h2-3,7-9,11,13,15,21H,4-5H2,1H3,(H,17,19)/t11?,13?,15-/m1/s1. The van der Waals surface area contributed by atoms with Crippen molar-refractivity contribution in [2.24, 2.45) is 13.0 Å². The quantitative estimate of drug-likeness (QED) is 0.890. The second-order valence-electron chi connectivity index (χ2n) is 5.50. The van der Waals surface area contributed by atoms with Gasteiger partial charge in [-0.3, -0.25) is 4.68 Å². The molecule has 0 saturated heterocycles. The highest BCUT2D eigenvalue weighted by atomic mass is 16.3. The second kappa shape index (κ2) is 5.54. The third-order valence-electron chi connectivity index (χ3n) is 3.90. The second-order valence-corrected chi connectivity index (χ2v) is 5.50. The van der Waals surface area contributed by atoms with Gasteiger partial charge in [-0.2, -0.15) is 10.4 Å². The predicted molar refractivity (Wildman–Crippen MR) is 77.3 cm³/mol. The van der Waals surface area contributed by atoms with Crippen molar-refractivity contribution in [3.8, 4) is 6.07 Å². The zero-order chi connectivity index (χ0) is 14.8. The molecule has 0 aromatic carbocycles. The molecule has 0 amide bonds. The lowest BCUT2D eigenvalue weighted by Gasteiger charge is -2.37. The van der Waals surface area contributed by atoms with Gasteiger partial charge in [-0.25, -0.2) is 4.98 Å². The number of aliphatic hydroxyl groups is 1. The van der Waals surface area contributed by atoms with Gasteiger partial charge in [0.2, 0.25) is 0 Å². The first-order valence-corrected chi connectivity index (χ1v) is 6.95. The number of rotatable bonds is 4. The summed E-state index contributed by atoms with van der Waals surface area (Å²) in [7, 11) is 1.89. The molecule has 2 aromatic heterocycles. The summed E-state index contributed by atoms with van der Waals surface area (Å²) < 4.78 is 1.77. The van der Waals surface area contributed by atoms with Gasteiger partial charge in [0.05, 0.1) is 23.9 Å². The molecule has 6 nitrogen and oxygen atoms in total. The van der Waals surface area contributed by atoms with Crippen molar-refractivity contribution in [3.05, 3.63) is 41.9 Å². The van der Waals surface area contributed by atoms with Crippen LogP contribution in [0.3, 0.4) is 0 Å². The van der Waals surface area contributed by atoms with E-state index in [1.165, 1.54) is 0 Å². The summed E-state index contributed by atoms with van der Waals surface area (Å²) in [6, 6.07) is 5.67. The summed E-state index contributed by atoms with van der Waals surface area (Å²) in [6.45, 7) is 0. The van der Waals surface area contributed by atoms with Gasteiger partial charge >= 0.3 is 0 Å². The Labute approximate surface area is 123 Å². The van der Waals surface area contributed by atoms with Crippen molar-refractivity contribution in [1.29, 1.82) is 5.26 Å². The van der Waals surface area contributed by atoms with Gasteiger partial charge < -0.3 is 10.4 Å². The predicted octanol–water partition coefficient (Wildman–Crippen LogP) is 1.61. The number of anilines is 1. The molecule has 1 fully saturated rings. The lowest BCUT2D eigenvalue weighted by molar-refractivity contribution is 0.0339. The molecule has 1 atom stereocenters. The maximum absolute atomic E-state index is 9.55. The van der Waals surface area contributed by atoms with Crippen molar-refractivity contribution < 1.29 is 5.11 Å². The monoisotopic (exact) mass is 283 g/mol. The van der Waals surface area contributed by atoms with Crippen molar-refractivity contribution in [2.45, 2.75) is 25.0 Å². The van der Waals surface area contributed by atoms with Crippen LogP contribution in [0.4, 0.5) is 5.82 Å². The summed E-state index contributed by atoms with van der Waals surface area (Å²) in [6.07, 6.45) is 6.73. The van der Waals surface area contributed by atoms with E-state index in [-0.39, 0.29) is 12.1 Å². The van der Waals surface area contributed by atoms with Crippen LogP contribution in [-0.2, 0) is 7.05 Å². The van der Waals surface area contributed by atoms with Crippen LogP contribution in [0.15, 0.2) is 30.7 Å². The smallest absolute Gasteiger partial charge is 0.126 e.